The van der Waals surface area contributed by atoms with E-state index in [1.807, 2.05) is 38.1 Å². The highest BCUT2D eigenvalue weighted by Gasteiger charge is 2.15. The Morgan fingerprint density at radius 2 is 1.14 bits per heavy atom. The van der Waals surface area contributed by atoms with Crippen LogP contribution in [-0.4, -0.2) is 39.3 Å². The number of hydrogen-bond donors (Lipinski definition) is 1. The molecule has 152 valence electrons. The van der Waals surface area contributed by atoms with Gasteiger partial charge in [-0.05, 0) is 68.5 Å². The Labute approximate surface area is 167 Å². The zero-order valence-electron chi connectivity index (χ0n) is 17.0. The number of aryl methyl sites for hydroxylation is 2. The molecule has 2 aliphatic heterocycles. The maximum absolute atomic E-state index is 13.6. The maximum atomic E-state index is 13.6. The van der Waals surface area contributed by atoms with Gasteiger partial charge in [0, 0.05) is 39.3 Å². The van der Waals surface area contributed by atoms with E-state index in [-0.39, 0.29) is 11.6 Å². The molecule has 5 heteroatoms. The molecule has 0 bridgehead atoms. The number of halogens is 2. The largest absolute Gasteiger partial charge is 0.369 e. The quantitative estimate of drug-likeness (QED) is 0.808. The third kappa shape index (κ3) is 5.44. The minimum atomic E-state index is -0.105. The molecule has 1 N–H and O–H groups in total. The first-order valence-corrected chi connectivity index (χ1v) is 10.3. The molecule has 0 aromatic heterocycles. The van der Waals surface area contributed by atoms with Gasteiger partial charge < -0.3 is 15.1 Å². The van der Waals surface area contributed by atoms with Gasteiger partial charge in [0.05, 0.1) is 11.4 Å². The van der Waals surface area contributed by atoms with Crippen molar-refractivity contribution in [3.63, 3.8) is 0 Å². The van der Waals surface area contributed by atoms with E-state index in [0.29, 0.717) is 0 Å². The van der Waals surface area contributed by atoms with Crippen molar-refractivity contribution in [1.82, 2.24) is 5.32 Å². The van der Waals surface area contributed by atoms with Gasteiger partial charge in [0.15, 0.2) is 0 Å². The van der Waals surface area contributed by atoms with E-state index in [0.717, 1.165) is 61.8 Å². The summed E-state index contributed by atoms with van der Waals surface area (Å²) in [6.45, 7) is 9.48. The lowest BCUT2D eigenvalue weighted by Gasteiger charge is -2.29. The summed E-state index contributed by atoms with van der Waals surface area (Å²) in [4.78, 5) is 4.24. The van der Waals surface area contributed by atoms with Crippen LogP contribution in [-0.2, 0) is 0 Å². The predicted molar refractivity (Wildman–Crippen MR) is 113 cm³/mol. The molecule has 0 saturated carbocycles. The molecule has 2 fully saturated rings. The highest BCUT2D eigenvalue weighted by Crippen LogP contribution is 2.23. The second-order valence-corrected chi connectivity index (χ2v) is 7.69. The molecule has 2 heterocycles. The third-order valence-electron chi connectivity index (χ3n) is 5.36. The van der Waals surface area contributed by atoms with Gasteiger partial charge in [-0.1, -0.05) is 12.1 Å². The number of nitrogens with one attached hydrogen (secondary N) is 1. The first kappa shape index (κ1) is 20.6. The Bertz CT molecular complexity index is 701. The van der Waals surface area contributed by atoms with E-state index >= 15 is 0 Å². The minimum absolute atomic E-state index is 0.0769. The average Bonchev–Trinajstić information content (AvgIpc) is 2.70. The molecule has 2 aromatic rings. The fourth-order valence-electron chi connectivity index (χ4n) is 3.78. The van der Waals surface area contributed by atoms with Gasteiger partial charge in [-0.15, -0.1) is 0 Å². The minimum Gasteiger partial charge on any atom is -0.369 e. The van der Waals surface area contributed by atoms with Crippen molar-refractivity contribution in [2.24, 2.45) is 0 Å². The van der Waals surface area contributed by atoms with Crippen LogP contribution >= 0.6 is 0 Å². The van der Waals surface area contributed by atoms with Crippen molar-refractivity contribution in [3.8, 4) is 0 Å². The molecule has 28 heavy (non-hydrogen) atoms. The summed E-state index contributed by atoms with van der Waals surface area (Å²) >= 11 is 0. The summed E-state index contributed by atoms with van der Waals surface area (Å²) in [5.74, 6) is -0.182. The molecule has 2 aromatic carbocycles. The highest BCUT2D eigenvalue weighted by atomic mass is 19.1. The highest BCUT2D eigenvalue weighted by molar-refractivity contribution is 5.50. The van der Waals surface area contributed by atoms with Gasteiger partial charge in [-0.2, -0.15) is 0 Å². The van der Waals surface area contributed by atoms with E-state index in [4.69, 9.17) is 0 Å². The summed E-state index contributed by atoms with van der Waals surface area (Å²) in [5.41, 5.74) is 3.47. The zero-order valence-corrected chi connectivity index (χ0v) is 17.0. The van der Waals surface area contributed by atoms with Crippen LogP contribution in [0, 0.1) is 25.5 Å². The van der Waals surface area contributed by atoms with Gasteiger partial charge in [-0.25, -0.2) is 8.78 Å². The fraction of sp³-hybridized carbons (Fsp3) is 0.478. The average molecular weight is 388 g/mol. The number of nitrogens with zero attached hydrogens (tertiary/aromatic N) is 2. The van der Waals surface area contributed by atoms with Crippen molar-refractivity contribution >= 4 is 11.4 Å². The lowest BCUT2D eigenvalue weighted by Crippen LogP contribution is -2.43. The van der Waals surface area contributed by atoms with Crippen molar-refractivity contribution < 1.29 is 8.78 Å². The molecule has 0 amide bonds. The monoisotopic (exact) mass is 387 g/mol. The second-order valence-electron chi connectivity index (χ2n) is 7.69. The zero-order chi connectivity index (χ0) is 19.9. The normalized spacial score (nSPS) is 17.1. The van der Waals surface area contributed by atoms with Crippen molar-refractivity contribution in [2.75, 3.05) is 49.1 Å². The first-order valence-electron chi connectivity index (χ1n) is 10.3. The van der Waals surface area contributed by atoms with E-state index < -0.39 is 0 Å². The van der Waals surface area contributed by atoms with Crippen LogP contribution < -0.4 is 15.1 Å². The molecule has 2 saturated heterocycles. The SMILES string of the molecule is Cc1ccc(N2CCCCC2)c(F)c1.Cc1ccc(N2CCNCC2)c(F)c1. The molecule has 3 nitrogen and oxygen atoms in total. The number of piperazine rings is 1. The number of rotatable bonds is 2. The summed E-state index contributed by atoms with van der Waals surface area (Å²) in [5, 5.41) is 3.25. The Kier molecular flexibility index (Phi) is 7.26. The van der Waals surface area contributed by atoms with Crippen LogP contribution in [0.15, 0.2) is 36.4 Å². The Morgan fingerprint density at radius 3 is 1.61 bits per heavy atom. The molecule has 4 rings (SSSR count). The number of hydrogen-bond acceptors (Lipinski definition) is 3. The fourth-order valence-corrected chi connectivity index (χ4v) is 3.78. The lowest BCUT2D eigenvalue weighted by atomic mass is 10.1. The second kappa shape index (κ2) is 9.87. The lowest BCUT2D eigenvalue weighted by molar-refractivity contribution is 0.556. The molecule has 0 spiro atoms. The summed E-state index contributed by atoms with van der Waals surface area (Å²) in [7, 11) is 0. The van der Waals surface area contributed by atoms with Crippen molar-refractivity contribution in [2.45, 2.75) is 33.1 Å². The molecule has 2 aliphatic rings. The van der Waals surface area contributed by atoms with Crippen LogP contribution in [0.5, 0.6) is 0 Å². The predicted octanol–water partition coefficient (Wildman–Crippen LogP) is 4.67. The van der Waals surface area contributed by atoms with Crippen molar-refractivity contribution in [3.05, 3.63) is 59.2 Å². The van der Waals surface area contributed by atoms with E-state index in [9.17, 15) is 8.78 Å². The van der Waals surface area contributed by atoms with Crippen LogP contribution in [0.4, 0.5) is 20.2 Å². The topological polar surface area (TPSA) is 18.5 Å². The molecule has 0 aliphatic carbocycles. The van der Waals surface area contributed by atoms with Gasteiger partial charge in [0.1, 0.15) is 11.6 Å². The molecule has 0 unspecified atom stereocenters. The summed E-state index contributed by atoms with van der Waals surface area (Å²) in [6, 6.07) is 10.9. The molecule has 0 atom stereocenters. The smallest absolute Gasteiger partial charge is 0.146 e. The van der Waals surface area contributed by atoms with E-state index in [1.54, 1.807) is 12.1 Å². The Balaban J connectivity index is 0.000000161. The third-order valence-corrected chi connectivity index (χ3v) is 5.36. The van der Waals surface area contributed by atoms with Gasteiger partial charge in [0.2, 0.25) is 0 Å². The number of benzene rings is 2. The van der Waals surface area contributed by atoms with E-state index in [2.05, 4.69) is 15.1 Å². The van der Waals surface area contributed by atoms with Gasteiger partial charge in [0.25, 0.3) is 0 Å². The molecule has 0 radical (unpaired) electrons. The van der Waals surface area contributed by atoms with Gasteiger partial charge in [-0.3, -0.25) is 0 Å². The Hall–Kier alpha value is -2.14. The molecular weight excluding hydrogens is 356 g/mol. The standard InChI is InChI=1S/C12H16FN.C11H15FN2/c1-10-5-6-12(11(13)9-10)14-7-3-2-4-8-14;1-9-2-3-11(10(12)8-9)14-6-4-13-5-7-14/h5-6,9H,2-4,7-8H2,1H3;2-3,8,13H,4-7H2,1H3. The van der Waals surface area contributed by atoms with Crippen molar-refractivity contribution in [1.29, 1.82) is 0 Å². The van der Waals surface area contributed by atoms with Crippen LogP contribution in [0.3, 0.4) is 0 Å². The van der Waals surface area contributed by atoms with Crippen LogP contribution in [0.1, 0.15) is 30.4 Å². The number of anilines is 2. The molecular formula is C23H31F2N3. The maximum Gasteiger partial charge on any atom is 0.146 e. The Morgan fingerprint density at radius 1 is 0.679 bits per heavy atom. The first-order chi connectivity index (χ1) is 13.5. The van der Waals surface area contributed by atoms with Crippen LogP contribution in [0.2, 0.25) is 0 Å². The van der Waals surface area contributed by atoms with E-state index in [1.165, 1.54) is 19.3 Å². The number of piperidine rings is 1. The summed E-state index contributed by atoms with van der Waals surface area (Å²) < 4.78 is 27.2. The van der Waals surface area contributed by atoms with Crippen LogP contribution in [0.25, 0.3) is 0 Å². The summed E-state index contributed by atoms with van der Waals surface area (Å²) in [6.07, 6.45) is 3.66. The van der Waals surface area contributed by atoms with Gasteiger partial charge >= 0.3 is 0 Å².